The van der Waals surface area contributed by atoms with E-state index in [0.29, 0.717) is 28.6 Å². The van der Waals surface area contributed by atoms with Crippen LogP contribution in [0.1, 0.15) is 39.7 Å². The van der Waals surface area contributed by atoms with Gasteiger partial charge in [0.25, 0.3) is 15.9 Å². The van der Waals surface area contributed by atoms with Crippen LogP contribution in [-0.2, 0) is 20.2 Å². The number of benzene rings is 2. The van der Waals surface area contributed by atoms with E-state index in [1.165, 1.54) is 0 Å². The molecular weight excluding hydrogens is 372 g/mol. The summed E-state index contributed by atoms with van der Waals surface area (Å²) in [5.41, 5.74) is 3.02. The van der Waals surface area contributed by atoms with Crippen LogP contribution in [-0.4, -0.2) is 14.3 Å². The summed E-state index contributed by atoms with van der Waals surface area (Å²) in [5, 5.41) is 4.19. The molecule has 0 saturated heterocycles. The summed E-state index contributed by atoms with van der Waals surface area (Å²) >= 11 is 0. The molecule has 4 rings (SSSR count). The fourth-order valence-corrected chi connectivity index (χ4v) is 5.14. The molecule has 1 aliphatic carbocycles. The molecule has 1 unspecified atom stereocenters. The van der Waals surface area contributed by atoms with Crippen LogP contribution in [0.5, 0.6) is 0 Å². The van der Waals surface area contributed by atoms with Crippen molar-refractivity contribution < 1.29 is 13.2 Å². The number of amides is 1. The molecule has 0 aromatic heterocycles. The van der Waals surface area contributed by atoms with E-state index in [1.54, 1.807) is 24.3 Å². The molecule has 146 valence electrons. The highest BCUT2D eigenvalue weighted by molar-refractivity contribution is 7.92. The lowest BCUT2D eigenvalue weighted by molar-refractivity contribution is -0.111. The maximum Gasteiger partial charge on any atom is 0.262 e. The second kappa shape index (κ2) is 6.21. The molecule has 5 nitrogen and oxygen atoms in total. The first-order valence-corrected chi connectivity index (χ1v) is 10.9. The molecule has 0 bridgehead atoms. The number of hydrogen-bond acceptors (Lipinski definition) is 3. The molecule has 1 heterocycles. The summed E-state index contributed by atoms with van der Waals surface area (Å²) in [6, 6.07) is 10.7. The van der Waals surface area contributed by atoms with Gasteiger partial charge in [0.1, 0.15) is 0 Å². The van der Waals surface area contributed by atoms with Gasteiger partial charge in [0.05, 0.1) is 4.90 Å². The van der Waals surface area contributed by atoms with Crippen LogP contribution in [0, 0.1) is 5.92 Å². The third-order valence-corrected chi connectivity index (χ3v) is 6.87. The highest BCUT2D eigenvalue weighted by Crippen LogP contribution is 2.27. The van der Waals surface area contributed by atoms with Gasteiger partial charge in [-0.1, -0.05) is 45.9 Å². The smallest absolute Gasteiger partial charge is 0.262 e. The van der Waals surface area contributed by atoms with Crippen molar-refractivity contribution in [1.29, 1.82) is 0 Å². The molecule has 2 N–H and O–H groups in total. The molecule has 1 atom stereocenters. The Morgan fingerprint density at radius 3 is 2.39 bits per heavy atom. The Kier molecular flexibility index (Phi) is 4.16. The first kappa shape index (κ1) is 18.7. The Balaban J connectivity index is 1.78. The van der Waals surface area contributed by atoms with Crippen molar-refractivity contribution in [2.45, 2.75) is 44.4 Å². The predicted octanol–water partition coefficient (Wildman–Crippen LogP) is 2.71. The number of rotatable bonds is 3. The topological polar surface area (TPSA) is 75.3 Å². The molecule has 2 aromatic rings. The molecule has 0 fully saturated rings. The zero-order valence-electron chi connectivity index (χ0n) is 16.5. The zero-order chi connectivity index (χ0) is 20.3. The Morgan fingerprint density at radius 1 is 1.07 bits per heavy atom. The minimum Gasteiger partial charge on any atom is -0.322 e. The van der Waals surface area contributed by atoms with Gasteiger partial charge in [-0.3, -0.25) is 9.52 Å². The molecule has 1 amide bonds. The molecular formula is C22H24N2O3S. The second-order valence-corrected chi connectivity index (χ2v) is 10.2. The van der Waals surface area contributed by atoms with Crippen LogP contribution < -0.4 is 20.5 Å². The van der Waals surface area contributed by atoms with Crippen molar-refractivity contribution >= 4 is 39.0 Å². The Morgan fingerprint density at radius 2 is 1.75 bits per heavy atom. The van der Waals surface area contributed by atoms with E-state index < -0.39 is 10.0 Å². The van der Waals surface area contributed by atoms with Crippen molar-refractivity contribution in [2.75, 3.05) is 10.0 Å². The van der Waals surface area contributed by atoms with E-state index in [2.05, 4.69) is 30.8 Å². The van der Waals surface area contributed by atoms with Gasteiger partial charge >= 0.3 is 0 Å². The summed E-state index contributed by atoms with van der Waals surface area (Å²) in [7, 11) is -3.78. The number of nitrogens with one attached hydrogen (secondary N) is 2. The summed E-state index contributed by atoms with van der Waals surface area (Å²) in [5.74, 6) is -0.0540. The Bertz CT molecular complexity index is 1200. The number of carbonyl (C=O) groups excluding carboxylic acids is 1. The molecule has 1 aliphatic heterocycles. The van der Waals surface area contributed by atoms with Crippen LogP contribution in [0.15, 0.2) is 41.3 Å². The minimum absolute atomic E-state index is 0.00100. The van der Waals surface area contributed by atoms with Crippen molar-refractivity contribution in [3.05, 3.63) is 52.4 Å². The fourth-order valence-electron chi connectivity index (χ4n) is 3.87. The van der Waals surface area contributed by atoms with Gasteiger partial charge in [0.15, 0.2) is 0 Å². The van der Waals surface area contributed by atoms with Crippen LogP contribution in [0.2, 0.25) is 0 Å². The molecule has 6 heteroatoms. The molecule has 2 aromatic carbocycles. The van der Waals surface area contributed by atoms with Gasteiger partial charge in [-0.05, 0) is 47.6 Å². The lowest BCUT2D eigenvalue weighted by Gasteiger charge is -2.19. The second-order valence-electron chi connectivity index (χ2n) is 8.54. The zero-order valence-corrected chi connectivity index (χ0v) is 17.3. The standard InChI is InChI=1S/C22H24N2O3S/c1-13-5-10-16-18(12-11-17-20(16)19(13)21(25)23-17)28(26,27)24-15-8-6-14(7-9-15)22(2,3)4/h6-13,24H,5H2,1-4H3,(H,23,25). The van der Waals surface area contributed by atoms with Crippen LogP contribution in [0.4, 0.5) is 11.4 Å². The van der Waals surface area contributed by atoms with E-state index in [-0.39, 0.29) is 22.1 Å². The van der Waals surface area contributed by atoms with Crippen molar-refractivity contribution in [3.63, 3.8) is 0 Å². The van der Waals surface area contributed by atoms with Gasteiger partial charge in [-0.15, -0.1) is 0 Å². The quantitative estimate of drug-likeness (QED) is 0.838. The van der Waals surface area contributed by atoms with E-state index >= 15 is 0 Å². The van der Waals surface area contributed by atoms with Crippen molar-refractivity contribution in [1.82, 2.24) is 0 Å². The predicted molar refractivity (Wildman–Crippen MR) is 112 cm³/mol. The first-order chi connectivity index (χ1) is 13.1. The lowest BCUT2D eigenvalue weighted by Crippen LogP contribution is -2.36. The Hall–Kier alpha value is -2.60. The van der Waals surface area contributed by atoms with Gasteiger partial charge < -0.3 is 5.32 Å². The van der Waals surface area contributed by atoms with E-state index in [4.69, 9.17) is 0 Å². The summed E-state index contributed by atoms with van der Waals surface area (Å²) in [4.78, 5) is 12.5. The number of carbonyl (C=O) groups is 1. The average Bonchev–Trinajstić information content (AvgIpc) is 2.95. The SMILES string of the molecule is CC1CC=c2c(S(=O)(=O)Nc3ccc(C(C)(C)C)cc3)ccc3c2=C1C(=O)N3. The van der Waals surface area contributed by atoms with Crippen LogP contribution >= 0.6 is 0 Å². The minimum atomic E-state index is -3.78. The number of sulfonamides is 1. The van der Waals surface area contributed by atoms with Gasteiger partial charge in [-0.25, -0.2) is 8.42 Å². The third-order valence-electron chi connectivity index (χ3n) is 5.43. The van der Waals surface area contributed by atoms with E-state index in [9.17, 15) is 13.2 Å². The average molecular weight is 397 g/mol. The number of hydrogen-bond donors (Lipinski definition) is 2. The molecule has 28 heavy (non-hydrogen) atoms. The maximum absolute atomic E-state index is 13.1. The maximum atomic E-state index is 13.1. The van der Waals surface area contributed by atoms with Crippen LogP contribution in [0.25, 0.3) is 11.6 Å². The lowest BCUT2D eigenvalue weighted by atomic mass is 9.87. The summed E-state index contributed by atoms with van der Waals surface area (Å²) in [6.07, 6.45) is 2.56. The monoisotopic (exact) mass is 396 g/mol. The van der Waals surface area contributed by atoms with Crippen molar-refractivity contribution in [3.8, 4) is 0 Å². The highest BCUT2D eigenvalue weighted by atomic mass is 32.2. The summed E-state index contributed by atoms with van der Waals surface area (Å²) < 4.78 is 28.9. The van der Waals surface area contributed by atoms with Crippen molar-refractivity contribution in [2.24, 2.45) is 5.92 Å². The van der Waals surface area contributed by atoms with Gasteiger partial charge in [0, 0.05) is 27.4 Å². The largest absolute Gasteiger partial charge is 0.322 e. The van der Waals surface area contributed by atoms with Gasteiger partial charge in [-0.2, -0.15) is 0 Å². The highest BCUT2D eigenvalue weighted by Gasteiger charge is 2.30. The molecule has 0 radical (unpaired) electrons. The first-order valence-electron chi connectivity index (χ1n) is 9.40. The van der Waals surface area contributed by atoms with Crippen LogP contribution in [0.3, 0.4) is 0 Å². The van der Waals surface area contributed by atoms with Gasteiger partial charge in [0.2, 0.25) is 0 Å². The molecule has 2 aliphatic rings. The normalized spacial score (nSPS) is 18.4. The van der Waals surface area contributed by atoms with E-state index in [1.807, 2.05) is 25.1 Å². The number of anilines is 2. The molecule has 0 saturated carbocycles. The summed E-state index contributed by atoms with van der Waals surface area (Å²) in [6.45, 7) is 8.32. The molecule has 0 spiro atoms. The van der Waals surface area contributed by atoms with E-state index in [0.717, 1.165) is 10.8 Å². The fraction of sp³-hybridized carbons (Fsp3) is 0.318. The Labute approximate surface area is 165 Å². The third kappa shape index (κ3) is 3.02.